The Bertz CT molecular complexity index is 498. The number of carbonyl (C=O) groups is 2. The molecule has 3 aliphatic rings. The lowest BCUT2D eigenvalue weighted by atomic mass is 9.93. The van der Waals surface area contributed by atoms with Crippen LogP contribution < -0.4 is 0 Å². The van der Waals surface area contributed by atoms with Crippen LogP contribution in [0.4, 0.5) is 0 Å². The Morgan fingerprint density at radius 2 is 2.12 bits per heavy atom. The van der Waals surface area contributed by atoms with Crippen molar-refractivity contribution in [1.29, 1.82) is 0 Å². The third-order valence-electron chi connectivity index (χ3n) is 5.48. The molecule has 0 bridgehead atoms. The lowest BCUT2D eigenvalue weighted by molar-refractivity contribution is -0.897. The van der Waals surface area contributed by atoms with Gasteiger partial charge in [-0.05, 0) is 12.2 Å². The summed E-state index contributed by atoms with van der Waals surface area (Å²) in [6, 6.07) is -0.719. The fourth-order valence-corrected chi connectivity index (χ4v) is 7.47. The maximum absolute atomic E-state index is 12.2. The maximum Gasteiger partial charge on any atom is 0.328 e. The molecule has 0 spiro atoms. The summed E-state index contributed by atoms with van der Waals surface area (Å²) < 4.78 is 1.05. The van der Waals surface area contributed by atoms with Crippen molar-refractivity contribution in [2.24, 2.45) is 5.92 Å². The van der Waals surface area contributed by atoms with Gasteiger partial charge in [0.1, 0.15) is 0 Å². The first kappa shape index (κ1) is 18.4. The zero-order valence-corrected chi connectivity index (χ0v) is 15.7. The van der Waals surface area contributed by atoms with Crippen molar-refractivity contribution in [2.75, 3.05) is 39.0 Å². The minimum atomic E-state index is -0.906. The van der Waals surface area contributed by atoms with E-state index in [4.69, 9.17) is 5.11 Å². The lowest BCUT2D eigenvalue weighted by Gasteiger charge is -2.43. The van der Waals surface area contributed by atoms with Crippen LogP contribution in [0.2, 0.25) is 0 Å². The second-order valence-corrected chi connectivity index (χ2v) is 10.1. The highest BCUT2D eigenvalue weighted by molar-refractivity contribution is 8.17. The van der Waals surface area contributed by atoms with E-state index in [1.807, 2.05) is 0 Å². The van der Waals surface area contributed by atoms with Crippen molar-refractivity contribution in [2.45, 2.75) is 41.7 Å². The van der Waals surface area contributed by atoms with Gasteiger partial charge in [0.05, 0.1) is 42.6 Å². The van der Waals surface area contributed by atoms with Crippen LogP contribution in [0, 0.1) is 5.92 Å². The fraction of sp³-hybridized carbons (Fsp3) is 0.875. The summed E-state index contributed by atoms with van der Waals surface area (Å²) in [5, 5.41) is 18.6. The average Bonchev–Trinajstić information content (AvgIpc) is 3.12. The normalized spacial score (nSPS) is 34.2. The quantitative estimate of drug-likeness (QED) is 0.375. The Kier molecular flexibility index (Phi) is 5.68. The van der Waals surface area contributed by atoms with Crippen LogP contribution in [-0.4, -0.2) is 86.5 Å². The first-order valence-electron chi connectivity index (χ1n) is 8.73. The summed E-state index contributed by atoms with van der Waals surface area (Å²) in [6.07, 6.45) is 4.15. The molecular weight excluding hydrogens is 348 g/mol. The highest BCUT2D eigenvalue weighted by Gasteiger charge is 2.60. The maximum atomic E-state index is 12.2. The van der Waals surface area contributed by atoms with Crippen LogP contribution in [0.1, 0.15) is 25.7 Å². The average molecular weight is 376 g/mol. The van der Waals surface area contributed by atoms with E-state index >= 15 is 0 Å². The van der Waals surface area contributed by atoms with Gasteiger partial charge >= 0.3 is 5.97 Å². The highest BCUT2D eigenvalue weighted by Crippen LogP contribution is 2.52. The van der Waals surface area contributed by atoms with Crippen molar-refractivity contribution < 1.29 is 24.3 Å². The Morgan fingerprint density at radius 1 is 1.42 bits per heavy atom. The molecular formula is C16H27N2O4S2+. The van der Waals surface area contributed by atoms with Crippen LogP contribution in [0.3, 0.4) is 0 Å². The number of likely N-dealkylation sites (tertiary alicyclic amines) is 1. The van der Waals surface area contributed by atoms with E-state index < -0.39 is 12.0 Å². The molecule has 24 heavy (non-hydrogen) atoms. The molecule has 136 valence electrons. The third kappa shape index (κ3) is 3.43. The first-order valence-corrected chi connectivity index (χ1v) is 10.7. The number of amides is 1. The molecule has 0 radical (unpaired) electrons. The number of aliphatic carboxylic acids is 1. The number of carbonyl (C=O) groups excluding carboxylic acids is 1. The minimum Gasteiger partial charge on any atom is -0.480 e. The van der Waals surface area contributed by atoms with Gasteiger partial charge in [-0.25, -0.2) is 4.79 Å². The highest BCUT2D eigenvalue weighted by atomic mass is 32.2. The fourth-order valence-electron chi connectivity index (χ4n) is 4.09. The molecule has 0 aromatic heterocycles. The smallest absolute Gasteiger partial charge is 0.328 e. The molecule has 3 unspecified atom stereocenters. The number of thioether (sulfide) groups is 2. The molecule has 3 fully saturated rings. The zero-order valence-electron chi connectivity index (χ0n) is 14.1. The van der Waals surface area contributed by atoms with Crippen molar-refractivity contribution in [3.8, 4) is 0 Å². The molecule has 0 aromatic rings. The minimum absolute atomic E-state index is 0.0205. The topological polar surface area (TPSA) is 77.8 Å². The van der Waals surface area contributed by atoms with Crippen LogP contribution in [0.5, 0.6) is 0 Å². The Morgan fingerprint density at radius 3 is 2.75 bits per heavy atom. The molecule has 0 aliphatic carbocycles. The van der Waals surface area contributed by atoms with E-state index in [1.165, 1.54) is 30.8 Å². The van der Waals surface area contributed by atoms with Crippen molar-refractivity contribution in [3.63, 3.8) is 0 Å². The Balaban J connectivity index is 1.51. The number of carboxylic acids is 1. The van der Waals surface area contributed by atoms with Gasteiger partial charge in [-0.15, -0.1) is 23.5 Å². The second-order valence-electron chi connectivity index (χ2n) is 7.26. The number of nitrogens with zero attached hydrogens (tertiary/aromatic N) is 2. The molecule has 6 nitrogen and oxygen atoms in total. The number of aliphatic hydroxyl groups is 1. The molecule has 3 aliphatic heterocycles. The van der Waals surface area contributed by atoms with E-state index in [2.05, 4.69) is 7.05 Å². The Labute approximate surface area is 151 Å². The van der Waals surface area contributed by atoms with Gasteiger partial charge in [0.2, 0.25) is 5.91 Å². The van der Waals surface area contributed by atoms with Crippen LogP contribution in [0.15, 0.2) is 0 Å². The van der Waals surface area contributed by atoms with Crippen LogP contribution in [0.25, 0.3) is 0 Å². The van der Waals surface area contributed by atoms with Gasteiger partial charge in [0, 0.05) is 25.9 Å². The van der Waals surface area contributed by atoms with E-state index in [1.54, 1.807) is 23.5 Å². The van der Waals surface area contributed by atoms with E-state index in [0.29, 0.717) is 6.42 Å². The van der Waals surface area contributed by atoms with Crippen LogP contribution in [-0.2, 0) is 9.59 Å². The molecule has 0 aromatic carbocycles. The first-order chi connectivity index (χ1) is 11.5. The number of aliphatic hydroxyl groups excluding tert-OH is 1. The van der Waals surface area contributed by atoms with Crippen molar-refractivity contribution >= 4 is 35.4 Å². The van der Waals surface area contributed by atoms with Gasteiger partial charge in [0.25, 0.3) is 0 Å². The molecule has 8 heteroatoms. The second kappa shape index (κ2) is 7.43. The number of β-lactam (4-membered cyclic amide) rings is 1. The molecule has 3 saturated heterocycles. The number of hydrogen-bond donors (Lipinski definition) is 2. The van der Waals surface area contributed by atoms with Gasteiger partial charge in [-0.3, -0.25) is 4.79 Å². The van der Waals surface area contributed by atoms with Gasteiger partial charge < -0.3 is 19.6 Å². The summed E-state index contributed by atoms with van der Waals surface area (Å²) in [6.45, 7) is 3.65. The van der Waals surface area contributed by atoms with Gasteiger partial charge in [0.15, 0.2) is 6.04 Å². The van der Waals surface area contributed by atoms with E-state index in [0.717, 1.165) is 23.2 Å². The predicted molar refractivity (Wildman–Crippen MR) is 95.7 cm³/mol. The summed E-state index contributed by atoms with van der Waals surface area (Å²) in [5.41, 5.74) is 0. The number of carboxylic acid groups (broad SMARTS) is 1. The van der Waals surface area contributed by atoms with E-state index in [-0.39, 0.29) is 28.4 Å². The summed E-state index contributed by atoms with van der Waals surface area (Å²) in [5.74, 6) is -0.278. The molecule has 1 amide bonds. The van der Waals surface area contributed by atoms with Gasteiger partial charge in [-0.1, -0.05) is 0 Å². The molecule has 2 N–H and O–H groups in total. The number of hydrogen-bond acceptors (Lipinski definition) is 5. The number of fused-ring (bicyclic) bond motifs is 1. The summed E-state index contributed by atoms with van der Waals surface area (Å²) in [4.78, 5) is 25.3. The van der Waals surface area contributed by atoms with Crippen molar-refractivity contribution in [3.05, 3.63) is 0 Å². The number of quaternary nitrogens is 1. The van der Waals surface area contributed by atoms with Crippen LogP contribution >= 0.6 is 23.5 Å². The van der Waals surface area contributed by atoms with Gasteiger partial charge in [-0.2, -0.15) is 0 Å². The van der Waals surface area contributed by atoms with Crippen molar-refractivity contribution in [1.82, 2.24) is 4.90 Å². The van der Waals surface area contributed by atoms with E-state index in [9.17, 15) is 14.7 Å². The Hall–Kier alpha value is -0.440. The third-order valence-corrected chi connectivity index (χ3v) is 8.70. The monoisotopic (exact) mass is 375 g/mol. The number of rotatable bonds is 8. The molecule has 3 heterocycles. The summed E-state index contributed by atoms with van der Waals surface area (Å²) in [7, 11) is 2.31. The standard InChI is InChI=1S/C16H26N2O4S2/c1-18(6-2-3-7-18)8-4-10-23-16-12(15(21)22)17-13(20)11(5-9-19)14(17)24-16/h11-12,14,16,19H,2-10H2,1H3/p+1/t11-,12?,14?,16?/m0/s1. The lowest BCUT2D eigenvalue weighted by Crippen LogP contribution is -2.61. The molecule has 4 atom stereocenters. The molecule has 0 saturated carbocycles. The largest absolute Gasteiger partial charge is 0.480 e. The molecule has 3 rings (SSSR count). The zero-order chi connectivity index (χ0) is 17.3. The predicted octanol–water partition coefficient (Wildman–Crippen LogP) is 1.04. The summed E-state index contributed by atoms with van der Waals surface area (Å²) >= 11 is 3.29. The SMILES string of the molecule is C[N+]1(CCCSC2SC3[C@@H](CCO)C(=O)N3C2C(=O)O)CCCC1.